The molecule has 6 N–H and O–H groups in total. The third-order valence-electron chi connectivity index (χ3n) is 18.6. The van der Waals surface area contributed by atoms with E-state index in [-0.39, 0.29) is 87.0 Å². The Morgan fingerprint density at radius 3 is 1.17 bits per heavy atom. The Bertz CT molecular complexity index is 4180. The van der Waals surface area contributed by atoms with Crippen molar-refractivity contribution >= 4 is 34.6 Å². The lowest BCUT2D eigenvalue weighted by Gasteiger charge is -2.18. The van der Waals surface area contributed by atoms with E-state index >= 15 is 0 Å². The largest absolute Gasteiger partial charge is 0.364 e. The zero-order valence-electron chi connectivity index (χ0n) is 95.5. The molecular formula is C100H173N36O5S3+. The van der Waals surface area contributed by atoms with Crippen molar-refractivity contribution in [3.63, 3.8) is 0 Å². The molecular weight excluding hydrogens is 1880 g/mol. The number of nitrogens with one attached hydrogen (secondary N) is 6. The molecule has 0 radical (unpaired) electrons. The molecule has 0 bridgehead atoms. The van der Waals surface area contributed by atoms with E-state index in [0.717, 1.165) is 45.9 Å². The predicted octanol–water partition coefficient (Wildman–Crippen LogP) is 22.8. The molecule has 0 unspecified atom stereocenters. The Balaban J connectivity index is 0.000000768. The quantitative estimate of drug-likeness (QED) is 0.0768. The molecule has 16 aromatic heterocycles. The van der Waals surface area contributed by atoms with Crippen molar-refractivity contribution in [1.29, 1.82) is 0 Å². The number of hydrogen-bond donors (Lipinski definition) is 6. The van der Waals surface area contributed by atoms with Crippen LogP contribution in [0.5, 0.6) is 0 Å². The average molecular weight is 2060 g/mol. The van der Waals surface area contributed by atoms with Crippen molar-refractivity contribution in [3.05, 3.63) is 214 Å². The van der Waals surface area contributed by atoms with Gasteiger partial charge < -0.3 is 18.1 Å². The molecule has 41 nitrogen and oxygen atoms in total. The molecule has 16 aromatic rings. The number of hydrogen-bond acceptors (Lipinski definition) is 35. The molecule has 16 rings (SSSR count). The molecule has 0 spiro atoms. The molecule has 800 valence electrons. The first-order chi connectivity index (χ1) is 65.7. The molecule has 44 heteroatoms. The van der Waals surface area contributed by atoms with Crippen LogP contribution in [0, 0.1) is 0 Å². The average Bonchev–Trinajstić information content (AvgIpc) is 1.86. The summed E-state index contributed by atoms with van der Waals surface area (Å²) in [5.74, 6) is 4.01. The Morgan fingerprint density at radius 2 is 0.965 bits per heavy atom. The minimum Gasteiger partial charge on any atom is -0.364 e. The van der Waals surface area contributed by atoms with Gasteiger partial charge in [-0.2, -0.15) is 50.2 Å². The Hall–Kier alpha value is -12.2. The van der Waals surface area contributed by atoms with Crippen molar-refractivity contribution in [3.8, 4) is 0 Å². The summed E-state index contributed by atoms with van der Waals surface area (Å²) in [6.45, 7) is 101. The van der Waals surface area contributed by atoms with Gasteiger partial charge in [0, 0.05) is 130 Å². The standard InChI is InChI=1S/2C7H12N2.3C7H11NO.3C7H11NS.3C6H11N3.C6H10N2O.3C5H10N4.C5H9N3O/c1-7(2,3)9-6-4-5-8-9;1-7(2,3)6-4-5-8-9-6;1-7(2,3)6-4-8-9-5-6;1-7(2,3)6-4-5-9-8-6;1-7(2,3)6-4-5-8-9-6;1-7(2,3)6-4-8-9-5-6;1-7(2,3)6-4-5-9-8-6;1-7(2,3)6-4-5-8-9-6;1-6(2,3)9-4-7-8-5-9;1-6(2,3)5-7-4-8-9-5;2*1-6(2,3)5-4-7-9-8-5;1-5(2,3)9-4-6-7-8-9;3*1-5(2,3)4-6-8-9-7-4/h4-6H,1-3H3;4-5H,1-3H3,(H,8,9);7*4-5H,1-3H3;2*4H,1-3H3,(H,7,8,9);2*4H,1-3H3;2*1-3H3,(H,6,7,8,9);1-3H3/p+1. The van der Waals surface area contributed by atoms with Crippen LogP contribution < -0.4 is 4.68 Å². The van der Waals surface area contributed by atoms with Crippen LogP contribution in [-0.2, 0) is 87.0 Å². The van der Waals surface area contributed by atoms with Crippen molar-refractivity contribution < 1.29 is 27.5 Å². The van der Waals surface area contributed by atoms with Crippen LogP contribution in [0.3, 0.4) is 0 Å². The van der Waals surface area contributed by atoms with Gasteiger partial charge >= 0.3 is 0 Å². The van der Waals surface area contributed by atoms with Crippen molar-refractivity contribution in [1.82, 2.24) is 177 Å². The molecule has 0 aliphatic rings. The second-order valence-electron chi connectivity index (χ2n) is 49.3. The van der Waals surface area contributed by atoms with Crippen molar-refractivity contribution in [2.45, 2.75) is 419 Å². The number of H-pyrrole nitrogens is 6. The number of aromatic nitrogens is 36. The van der Waals surface area contributed by atoms with Gasteiger partial charge in [0.05, 0.1) is 52.7 Å². The van der Waals surface area contributed by atoms with E-state index in [1.54, 1.807) is 80.2 Å². The summed E-state index contributed by atoms with van der Waals surface area (Å²) in [6, 6.07) is 11.9. The summed E-state index contributed by atoms with van der Waals surface area (Å²) in [5, 5.41) is 105. The number of aromatic amines is 6. The maximum Gasteiger partial charge on any atom is 0.288 e. The van der Waals surface area contributed by atoms with E-state index in [1.165, 1.54) is 51.2 Å². The molecule has 0 aliphatic carbocycles. The summed E-state index contributed by atoms with van der Waals surface area (Å²) in [7, 11) is 0. The number of rotatable bonds is 0. The second kappa shape index (κ2) is 57.5. The second-order valence-corrected chi connectivity index (χ2v) is 51.5. The number of tetrazole rings is 3. The summed E-state index contributed by atoms with van der Waals surface area (Å²) < 4.78 is 41.1. The molecule has 0 fully saturated rings. The van der Waals surface area contributed by atoms with Gasteiger partial charge in [-0.3, -0.25) is 14.9 Å². The minimum absolute atomic E-state index is 0.00694. The van der Waals surface area contributed by atoms with Gasteiger partial charge in [0.25, 0.3) is 6.33 Å². The van der Waals surface area contributed by atoms with E-state index in [2.05, 4.69) is 464 Å². The smallest absolute Gasteiger partial charge is 0.288 e. The maximum atomic E-state index is 4.95. The summed E-state index contributed by atoms with van der Waals surface area (Å²) in [5.41, 5.74) is 9.62. The highest BCUT2D eigenvalue weighted by Gasteiger charge is 2.26. The van der Waals surface area contributed by atoms with E-state index in [9.17, 15) is 0 Å². The van der Waals surface area contributed by atoms with Crippen LogP contribution in [0.1, 0.15) is 406 Å². The van der Waals surface area contributed by atoms with Gasteiger partial charge in [-0.1, -0.05) is 317 Å². The van der Waals surface area contributed by atoms with Gasteiger partial charge in [-0.15, -0.1) is 30.6 Å². The van der Waals surface area contributed by atoms with Gasteiger partial charge in [-0.25, -0.2) is 23.0 Å². The Kier molecular flexibility index (Phi) is 51.8. The van der Waals surface area contributed by atoms with E-state index in [1.807, 2.05) is 124 Å². The fraction of sp³-hybridized carbons (Fsp3) is 0.640. The van der Waals surface area contributed by atoms with Crippen LogP contribution in [-0.4, -0.2) is 177 Å². The third kappa shape index (κ3) is 56.2. The third-order valence-corrected chi connectivity index (χ3v) is 20.9. The normalized spacial score (nSPS) is 11.9. The minimum atomic E-state index is -0.0556. The molecule has 0 atom stereocenters. The fourth-order valence-electron chi connectivity index (χ4n) is 8.94. The zero-order chi connectivity index (χ0) is 110. The van der Waals surface area contributed by atoms with Crippen LogP contribution in [0.2, 0.25) is 0 Å². The predicted molar refractivity (Wildman–Crippen MR) is 569 cm³/mol. The fourth-order valence-corrected chi connectivity index (χ4v) is 11.0. The zero-order valence-corrected chi connectivity index (χ0v) is 97.9. The first kappa shape index (κ1) is 130. The molecule has 0 aliphatic heterocycles. The topological polar surface area (TPSA) is 522 Å². The Morgan fingerprint density at radius 1 is 0.389 bits per heavy atom. The van der Waals surface area contributed by atoms with Gasteiger partial charge in [0.2, 0.25) is 5.82 Å². The highest BCUT2D eigenvalue weighted by atomic mass is 32.1. The van der Waals surface area contributed by atoms with Crippen molar-refractivity contribution in [2.24, 2.45) is 0 Å². The molecule has 0 aromatic carbocycles. The van der Waals surface area contributed by atoms with Gasteiger partial charge in [0.1, 0.15) is 59.4 Å². The van der Waals surface area contributed by atoms with Crippen molar-refractivity contribution in [2.75, 3.05) is 0 Å². The van der Waals surface area contributed by atoms with E-state index in [0.29, 0.717) is 5.82 Å². The first-order valence-electron chi connectivity index (χ1n) is 47.4. The van der Waals surface area contributed by atoms with Crippen LogP contribution >= 0.6 is 34.6 Å². The van der Waals surface area contributed by atoms with Crippen LogP contribution in [0.25, 0.3) is 0 Å². The molecule has 16 heterocycles. The van der Waals surface area contributed by atoms with E-state index < -0.39 is 0 Å². The lowest BCUT2D eigenvalue weighted by atomic mass is 9.90. The van der Waals surface area contributed by atoms with Crippen LogP contribution in [0.15, 0.2) is 164 Å². The first-order valence-corrected chi connectivity index (χ1v) is 49.8. The highest BCUT2D eigenvalue weighted by molar-refractivity contribution is 7.05. The summed E-state index contributed by atoms with van der Waals surface area (Å²) >= 11 is 4.61. The molecule has 144 heavy (non-hydrogen) atoms. The molecule has 0 amide bonds. The van der Waals surface area contributed by atoms with Gasteiger partial charge in [-0.05, 0) is 148 Å². The van der Waals surface area contributed by atoms with Crippen LogP contribution in [0.4, 0.5) is 0 Å². The number of nitrogens with zero attached hydrogens (tertiary/aromatic N) is 30. The van der Waals surface area contributed by atoms with E-state index in [4.69, 9.17) is 13.6 Å². The maximum absolute atomic E-state index is 4.95. The molecule has 0 saturated carbocycles. The lowest BCUT2D eigenvalue weighted by Crippen LogP contribution is -2.51. The summed E-state index contributed by atoms with van der Waals surface area (Å²) in [6.07, 6.45) is 26.1. The van der Waals surface area contributed by atoms with Gasteiger partial charge in [0.15, 0.2) is 16.9 Å². The SMILES string of the molecule is CC(C)(C)[n+]1cnn[nH]1.CC(C)(C)c1ccn[nH]1.CC(C)(C)c1ccno1.CC(C)(C)c1ccns1.CC(C)(C)c1ccon1.CC(C)(C)c1ccsn1.CC(C)(C)c1cn[nH]n1.CC(C)(C)c1cnoc1.CC(C)(C)c1cnon1.CC(C)(C)c1cnsc1.CC(C)(C)c1ncn[nH]1.CC(C)(C)c1nn[nH]n1.CC(C)(C)c1nn[nH]n1.CC(C)(C)c1nnon1.CC(C)(C)n1cccn1.CC(C)(C)n1cnnc1. The Labute approximate surface area is 867 Å². The monoisotopic (exact) mass is 2050 g/mol. The molecule has 0 saturated heterocycles. The highest BCUT2D eigenvalue weighted by Crippen LogP contribution is 2.29. The lowest BCUT2D eigenvalue weighted by molar-refractivity contribution is -0.806. The summed E-state index contributed by atoms with van der Waals surface area (Å²) in [4.78, 5) is 5.37.